The summed E-state index contributed by atoms with van der Waals surface area (Å²) in [5, 5.41) is 3.19. The SMILES string of the molecule is Cc1ccc([C@@H](C)NCc2ccc(F)c(F)c2)o1. The van der Waals surface area contributed by atoms with Gasteiger partial charge in [-0.2, -0.15) is 0 Å². The van der Waals surface area contributed by atoms with E-state index >= 15 is 0 Å². The van der Waals surface area contributed by atoms with Gasteiger partial charge in [0.1, 0.15) is 11.5 Å². The summed E-state index contributed by atoms with van der Waals surface area (Å²) in [6.07, 6.45) is 0. The first kappa shape index (κ1) is 12.8. The first-order chi connectivity index (χ1) is 8.56. The number of aryl methyl sites for hydroxylation is 1. The van der Waals surface area contributed by atoms with Gasteiger partial charge in [-0.1, -0.05) is 6.07 Å². The quantitative estimate of drug-likeness (QED) is 0.896. The Hall–Kier alpha value is -1.68. The standard InChI is InChI=1S/C14H15F2NO/c1-9-3-6-14(18-9)10(2)17-8-11-4-5-12(15)13(16)7-11/h3-7,10,17H,8H2,1-2H3/t10-/m1/s1. The van der Waals surface area contributed by atoms with E-state index in [1.54, 1.807) is 6.07 Å². The number of furan rings is 1. The fourth-order valence-electron chi connectivity index (χ4n) is 1.71. The van der Waals surface area contributed by atoms with Crippen molar-refractivity contribution in [1.82, 2.24) is 5.32 Å². The number of nitrogens with one attached hydrogen (secondary N) is 1. The molecular formula is C14H15F2NO. The minimum atomic E-state index is -0.826. The van der Waals surface area contributed by atoms with E-state index in [0.717, 1.165) is 17.6 Å². The van der Waals surface area contributed by atoms with Gasteiger partial charge in [0.05, 0.1) is 6.04 Å². The smallest absolute Gasteiger partial charge is 0.159 e. The molecular weight excluding hydrogens is 236 g/mol. The van der Waals surface area contributed by atoms with Crippen molar-refractivity contribution in [3.63, 3.8) is 0 Å². The van der Waals surface area contributed by atoms with E-state index in [0.29, 0.717) is 12.1 Å². The van der Waals surface area contributed by atoms with Crippen LogP contribution in [0.15, 0.2) is 34.7 Å². The Labute approximate surface area is 105 Å². The lowest BCUT2D eigenvalue weighted by Crippen LogP contribution is -2.17. The van der Waals surface area contributed by atoms with Crippen LogP contribution >= 0.6 is 0 Å². The Morgan fingerprint density at radius 2 is 1.94 bits per heavy atom. The zero-order valence-electron chi connectivity index (χ0n) is 10.3. The molecule has 2 aromatic rings. The maximum atomic E-state index is 13.0. The normalized spacial score (nSPS) is 12.7. The van der Waals surface area contributed by atoms with E-state index in [2.05, 4.69) is 5.32 Å². The molecule has 0 fully saturated rings. The summed E-state index contributed by atoms with van der Waals surface area (Å²) < 4.78 is 31.2. The van der Waals surface area contributed by atoms with E-state index in [1.165, 1.54) is 6.07 Å². The second kappa shape index (κ2) is 5.31. The Balaban J connectivity index is 1.97. The first-order valence-electron chi connectivity index (χ1n) is 5.80. The lowest BCUT2D eigenvalue weighted by molar-refractivity contribution is 0.415. The summed E-state index contributed by atoms with van der Waals surface area (Å²) in [5.74, 6) is 0.0332. The van der Waals surface area contributed by atoms with Crippen molar-refractivity contribution >= 4 is 0 Å². The van der Waals surface area contributed by atoms with Gasteiger partial charge < -0.3 is 9.73 Å². The number of halogens is 2. The van der Waals surface area contributed by atoms with E-state index in [1.807, 2.05) is 26.0 Å². The summed E-state index contributed by atoms with van der Waals surface area (Å²) in [5.41, 5.74) is 0.698. The van der Waals surface area contributed by atoms with Crippen molar-refractivity contribution in [3.05, 3.63) is 59.1 Å². The van der Waals surface area contributed by atoms with Crippen LogP contribution in [0.4, 0.5) is 8.78 Å². The van der Waals surface area contributed by atoms with Gasteiger partial charge in [0.25, 0.3) is 0 Å². The molecule has 0 bridgehead atoms. The number of benzene rings is 1. The molecule has 0 aliphatic carbocycles. The molecule has 1 atom stereocenters. The van der Waals surface area contributed by atoms with Crippen molar-refractivity contribution < 1.29 is 13.2 Å². The second-order valence-corrected chi connectivity index (χ2v) is 4.30. The Morgan fingerprint density at radius 3 is 2.56 bits per heavy atom. The number of hydrogen-bond donors (Lipinski definition) is 1. The molecule has 0 radical (unpaired) electrons. The second-order valence-electron chi connectivity index (χ2n) is 4.30. The average Bonchev–Trinajstić information content (AvgIpc) is 2.77. The van der Waals surface area contributed by atoms with Crippen molar-refractivity contribution in [2.45, 2.75) is 26.4 Å². The molecule has 96 valence electrons. The molecule has 1 heterocycles. The van der Waals surface area contributed by atoms with Gasteiger partial charge in [-0.3, -0.25) is 0 Å². The third-order valence-electron chi connectivity index (χ3n) is 2.78. The average molecular weight is 251 g/mol. The lowest BCUT2D eigenvalue weighted by Gasteiger charge is -2.11. The van der Waals surface area contributed by atoms with Gasteiger partial charge in [0.2, 0.25) is 0 Å². The predicted molar refractivity (Wildman–Crippen MR) is 65.1 cm³/mol. The predicted octanol–water partition coefficient (Wildman–Crippen LogP) is 3.72. The minimum Gasteiger partial charge on any atom is -0.465 e. The molecule has 0 aliphatic heterocycles. The highest BCUT2D eigenvalue weighted by molar-refractivity contribution is 5.18. The van der Waals surface area contributed by atoms with Crippen LogP contribution < -0.4 is 5.32 Å². The molecule has 0 unspecified atom stereocenters. The van der Waals surface area contributed by atoms with Gasteiger partial charge in [0.15, 0.2) is 11.6 Å². The summed E-state index contributed by atoms with van der Waals surface area (Å²) in [6, 6.07) is 7.71. The van der Waals surface area contributed by atoms with Gasteiger partial charge in [-0.05, 0) is 43.7 Å². The molecule has 1 N–H and O–H groups in total. The summed E-state index contributed by atoms with van der Waals surface area (Å²) in [7, 11) is 0. The molecule has 2 nitrogen and oxygen atoms in total. The molecule has 0 saturated heterocycles. The van der Waals surface area contributed by atoms with Crippen LogP contribution in [-0.2, 0) is 6.54 Å². The van der Waals surface area contributed by atoms with E-state index in [-0.39, 0.29) is 6.04 Å². The zero-order valence-corrected chi connectivity index (χ0v) is 10.3. The van der Waals surface area contributed by atoms with Crippen LogP contribution in [0.3, 0.4) is 0 Å². The minimum absolute atomic E-state index is 0.0202. The monoisotopic (exact) mass is 251 g/mol. The third kappa shape index (κ3) is 2.96. The summed E-state index contributed by atoms with van der Waals surface area (Å²) >= 11 is 0. The Bertz CT molecular complexity index is 536. The molecule has 0 aliphatic rings. The highest BCUT2D eigenvalue weighted by atomic mass is 19.2. The van der Waals surface area contributed by atoms with Crippen molar-refractivity contribution in [1.29, 1.82) is 0 Å². The number of rotatable bonds is 4. The molecule has 18 heavy (non-hydrogen) atoms. The fraction of sp³-hybridized carbons (Fsp3) is 0.286. The van der Waals surface area contributed by atoms with Crippen molar-refractivity contribution in [3.8, 4) is 0 Å². The molecule has 4 heteroatoms. The third-order valence-corrected chi connectivity index (χ3v) is 2.78. The maximum absolute atomic E-state index is 13.0. The summed E-state index contributed by atoms with van der Waals surface area (Å²) in [4.78, 5) is 0. The highest BCUT2D eigenvalue weighted by Gasteiger charge is 2.09. The van der Waals surface area contributed by atoms with Crippen molar-refractivity contribution in [2.24, 2.45) is 0 Å². The largest absolute Gasteiger partial charge is 0.465 e. The van der Waals surface area contributed by atoms with E-state index in [4.69, 9.17) is 4.42 Å². The van der Waals surface area contributed by atoms with Crippen LogP contribution in [0.25, 0.3) is 0 Å². The molecule has 1 aromatic heterocycles. The van der Waals surface area contributed by atoms with Crippen LogP contribution in [0, 0.1) is 18.6 Å². The van der Waals surface area contributed by atoms with Crippen LogP contribution in [0.1, 0.15) is 30.0 Å². The molecule has 0 spiro atoms. The van der Waals surface area contributed by atoms with Crippen molar-refractivity contribution in [2.75, 3.05) is 0 Å². The van der Waals surface area contributed by atoms with Gasteiger partial charge in [-0.15, -0.1) is 0 Å². The van der Waals surface area contributed by atoms with Crippen LogP contribution in [0.2, 0.25) is 0 Å². The topological polar surface area (TPSA) is 25.2 Å². The van der Waals surface area contributed by atoms with Gasteiger partial charge >= 0.3 is 0 Å². The lowest BCUT2D eigenvalue weighted by atomic mass is 10.2. The van der Waals surface area contributed by atoms with E-state index < -0.39 is 11.6 Å². The Kier molecular flexibility index (Phi) is 3.77. The molecule has 0 saturated carbocycles. The maximum Gasteiger partial charge on any atom is 0.159 e. The van der Waals surface area contributed by atoms with Gasteiger partial charge in [0, 0.05) is 6.54 Å². The summed E-state index contributed by atoms with van der Waals surface area (Å²) in [6.45, 7) is 4.29. The van der Waals surface area contributed by atoms with Crippen LogP contribution in [0.5, 0.6) is 0 Å². The molecule has 2 rings (SSSR count). The fourth-order valence-corrected chi connectivity index (χ4v) is 1.71. The molecule has 1 aromatic carbocycles. The zero-order chi connectivity index (χ0) is 13.1. The number of hydrogen-bond acceptors (Lipinski definition) is 2. The van der Waals surface area contributed by atoms with E-state index in [9.17, 15) is 8.78 Å². The van der Waals surface area contributed by atoms with Crippen LogP contribution in [-0.4, -0.2) is 0 Å². The Morgan fingerprint density at radius 1 is 1.17 bits per heavy atom. The first-order valence-corrected chi connectivity index (χ1v) is 5.80. The molecule has 0 amide bonds. The van der Waals surface area contributed by atoms with Gasteiger partial charge in [-0.25, -0.2) is 8.78 Å². The highest BCUT2D eigenvalue weighted by Crippen LogP contribution is 2.16.